The predicted molar refractivity (Wildman–Crippen MR) is 77.8 cm³/mol. The summed E-state index contributed by atoms with van der Waals surface area (Å²) in [4.78, 5) is 2.60. The van der Waals surface area contributed by atoms with Crippen molar-refractivity contribution in [2.45, 2.75) is 65.0 Å². The Labute approximate surface area is 113 Å². The van der Waals surface area contributed by atoms with Crippen LogP contribution < -0.4 is 5.73 Å². The smallest absolute Gasteiger partial charge is 0.0599 e. The molecule has 2 unspecified atom stereocenters. The Kier molecular flexibility index (Phi) is 7.87. The van der Waals surface area contributed by atoms with Crippen molar-refractivity contribution in [1.29, 1.82) is 0 Å². The van der Waals surface area contributed by atoms with E-state index in [9.17, 15) is 0 Å². The van der Waals surface area contributed by atoms with Crippen LogP contribution in [0.5, 0.6) is 0 Å². The molecule has 3 nitrogen and oxygen atoms in total. The maximum Gasteiger partial charge on any atom is 0.0599 e. The van der Waals surface area contributed by atoms with Gasteiger partial charge in [0.1, 0.15) is 0 Å². The minimum Gasteiger partial charge on any atom is -0.378 e. The van der Waals surface area contributed by atoms with Gasteiger partial charge in [-0.2, -0.15) is 0 Å². The van der Waals surface area contributed by atoms with Crippen molar-refractivity contribution in [3.05, 3.63) is 0 Å². The van der Waals surface area contributed by atoms with Crippen LogP contribution in [0.25, 0.3) is 0 Å². The summed E-state index contributed by atoms with van der Waals surface area (Å²) < 4.78 is 5.69. The first-order valence-electron chi connectivity index (χ1n) is 7.71. The zero-order chi connectivity index (χ0) is 13.4. The van der Waals surface area contributed by atoms with E-state index >= 15 is 0 Å². The Balaban J connectivity index is 2.08. The second-order valence-electron chi connectivity index (χ2n) is 5.97. The summed E-state index contributed by atoms with van der Waals surface area (Å²) in [7, 11) is 0. The van der Waals surface area contributed by atoms with Crippen molar-refractivity contribution in [2.24, 2.45) is 11.7 Å². The second kappa shape index (κ2) is 8.89. The molecule has 0 aromatic carbocycles. The number of nitrogens with zero attached hydrogens (tertiary/aromatic N) is 1. The fourth-order valence-electron chi connectivity index (χ4n) is 2.81. The summed E-state index contributed by atoms with van der Waals surface area (Å²) in [5.41, 5.74) is 5.78. The quantitative estimate of drug-likeness (QED) is 0.725. The number of hydrogen-bond acceptors (Lipinski definition) is 3. The first-order chi connectivity index (χ1) is 8.61. The van der Waals surface area contributed by atoms with Gasteiger partial charge in [-0.15, -0.1) is 0 Å². The van der Waals surface area contributed by atoms with Crippen molar-refractivity contribution in [3.8, 4) is 0 Å². The van der Waals surface area contributed by atoms with Gasteiger partial charge in [-0.25, -0.2) is 0 Å². The standard InChI is InChI=1S/C15H32N2O/c1-4-18-15-8-10-17(11-9-15)12-13(2)6-5-7-14(3)16/h13-15H,4-12,16H2,1-3H3. The SMILES string of the molecule is CCOC1CCN(CC(C)CCCC(C)N)CC1. The molecule has 0 radical (unpaired) electrons. The van der Waals surface area contributed by atoms with Crippen LogP contribution in [-0.4, -0.2) is 43.3 Å². The van der Waals surface area contributed by atoms with E-state index in [1.807, 2.05) is 0 Å². The number of hydrogen-bond donors (Lipinski definition) is 1. The summed E-state index contributed by atoms with van der Waals surface area (Å²) in [5.74, 6) is 0.799. The highest BCUT2D eigenvalue weighted by atomic mass is 16.5. The second-order valence-corrected chi connectivity index (χ2v) is 5.97. The molecule has 0 aromatic rings. The highest BCUT2D eigenvalue weighted by molar-refractivity contribution is 4.74. The lowest BCUT2D eigenvalue weighted by molar-refractivity contribution is 0.0112. The van der Waals surface area contributed by atoms with Crippen molar-refractivity contribution in [2.75, 3.05) is 26.2 Å². The van der Waals surface area contributed by atoms with Crippen molar-refractivity contribution in [1.82, 2.24) is 4.90 Å². The van der Waals surface area contributed by atoms with Crippen LogP contribution in [0.1, 0.15) is 52.9 Å². The minimum atomic E-state index is 0.360. The molecule has 0 aliphatic carbocycles. The highest BCUT2D eigenvalue weighted by Crippen LogP contribution is 2.17. The lowest BCUT2D eigenvalue weighted by Gasteiger charge is -2.33. The number of ether oxygens (including phenoxy) is 1. The van der Waals surface area contributed by atoms with E-state index in [1.165, 1.54) is 45.3 Å². The molecule has 1 rings (SSSR count). The third-order valence-corrected chi connectivity index (χ3v) is 3.86. The van der Waals surface area contributed by atoms with Gasteiger partial charge in [0.2, 0.25) is 0 Å². The van der Waals surface area contributed by atoms with Crippen LogP contribution in [-0.2, 0) is 4.74 Å². The van der Waals surface area contributed by atoms with Crippen LogP contribution in [0.4, 0.5) is 0 Å². The molecule has 0 saturated carbocycles. The molecule has 0 aromatic heterocycles. The number of rotatable bonds is 8. The molecule has 0 bridgehead atoms. The topological polar surface area (TPSA) is 38.5 Å². The Morgan fingerprint density at radius 3 is 2.44 bits per heavy atom. The molecule has 3 heteroatoms. The molecule has 1 heterocycles. The van der Waals surface area contributed by atoms with Crippen molar-refractivity contribution >= 4 is 0 Å². The van der Waals surface area contributed by atoms with Gasteiger partial charge in [0.05, 0.1) is 6.10 Å². The number of nitrogens with two attached hydrogens (primary N) is 1. The van der Waals surface area contributed by atoms with Crippen molar-refractivity contribution in [3.63, 3.8) is 0 Å². The fourth-order valence-corrected chi connectivity index (χ4v) is 2.81. The van der Waals surface area contributed by atoms with Crippen molar-refractivity contribution < 1.29 is 4.74 Å². The molecular weight excluding hydrogens is 224 g/mol. The summed E-state index contributed by atoms with van der Waals surface area (Å²) in [6, 6.07) is 0.360. The van der Waals surface area contributed by atoms with Gasteiger partial charge >= 0.3 is 0 Å². The highest BCUT2D eigenvalue weighted by Gasteiger charge is 2.20. The minimum absolute atomic E-state index is 0.360. The third-order valence-electron chi connectivity index (χ3n) is 3.86. The van der Waals surface area contributed by atoms with Gasteiger partial charge < -0.3 is 15.4 Å². The van der Waals surface area contributed by atoms with Gasteiger partial charge in [-0.3, -0.25) is 0 Å². The average Bonchev–Trinajstić information content (AvgIpc) is 2.31. The Morgan fingerprint density at radius 1 is 1.22 bits per heavy atom. The van der Waals surface area contributed by atoms with Crippen LogP contribution in [0.15, 0.2) is 0 Å². The van der Waals surface area contributed by atoms with E-state index in [4.69, 9.17) is 10.5 Å². The van der Waals surface area contributed by atoms with Gasteiger partial charge in [-0.1, -0.05) is 13.3 Å². The summed E-state index contributed by atoms with van der Waals surface area (Å²) in [6.45, 7) is 11.1. The van der Waals surface area contributed by atoms with E-state index in [0.29, 0.717) is 12.1 Å². The first-order valence-corrected chi connectivity index (χ1v) is 7.71. The monoisotopic (exact) mass is 256 g/mol. The molecule has 1 saturated heterocycles. The molecule has 1 aliphatic rings. The number of piperidine rings is 1. The molecule has 108 valence electrons. The molecule has 2 atom stereocenters. The zero-order valence-electron chi connectivity index (χ0n) is 12.5. The molecule has 0 spiro atoms. The average molecular weight is 256 g/mol. The van der Waals surface area contributed by atoms with E-state index in [1.54, 1.807) is 0 Å². The van der Waals surface area contributed by atoms with E-state index in [0.717, 1.165) is 18.9 Å². The van der Waals surface area contributed by atoms with E-state index in [-0.39, 0.29) is 0 Å². The Bertz CT molecular complexity index is 201. The molecule has 0 amide bonds. The summed E-state index contributed by atoms with van der Waals surface area (Å²) in [6.07, 6.45) is 6.68. The largest absolute Gasteiger partial charge is 0.378 e. The zero-order valence-corrected chi connectivity index (χ0v) is 12.5. The molecular formula is C15H32N2O. The van der Waals surface area contributed by atoms with Crippen LogP contribution in [0.3, 0.4) is 0 Å². The van der Waals surface area contributed by atoms with Gasteiger partial charge in [0.15, 0.2) is 0 Å². The lowest BCUT2D eigenvalue weighted by Crippen LogP contribution is -2.39. The fraction of sp³-hybridized carbons (Fsp3) is 1.00. The van der Waals surface area contributed by atoms with Crippen LogP contribution in [0, 0.1) is 5.92 Å². The molecule has 18 heavy (non-hydrogen) atoms. The summed E-state index contributed by atoms with van der Waals surface area (Å²) >= 11 is 0. The predicted octanol–water partition coefficient (Wildman–Crippen LogP) is 2.64. The first kappa shape index (κ1) is 15.9. The maximum absolute atomic E-state index is 5.78. The Hall–Kier alpha value is -0.120. The van der Waals surface area contributed by atoms with E-state index < -0.39 is 0 Å². The van der Waals surface area contributed by atoms with Gasteiger partial charge in [-0.05, 0) is 45.4 Å². The van der Waals surface area contributed by atoms with Gasteiger partial charge in [0.25, 0.3) is 0 Å². The van der Waals surface area contributed by atoms with Gasteiger partial charge in [0, 0.05) is 32.3 Å². The number of likely N-dealkylation sites (tertiary alicyclic amines) is 1. The lowest BCUT2D eigenvalue weighted by atomic mass is 10.00. The normalized spacial score (nSPS) is 22.0. The molecule has 1 fully saturated rings. The van der Waals surface area contributed by atoms with Crippen LogP contribution >= 0.6 is 0 Å². The molecule has 1 aliphatic heterocycles. The van der Waals surface area contributed by atoms with E-state index in [2.05, 4.69) is 25.7 Å². The molecule has 2 N–H and O–H groups in total. The maximum atomic E-state index is 5.78. The Morgan fingerprint density at radius 2 is 1.89 bits per heavy atom. The summed E-state index contributed by atoms with van der Waals surface area (Å²) in [5, 5.41) is 0. The van der Waals surface area contributed by atoms with Crippen LogP contribution in [0.2, 0.25) is 0 Å². The third kappa shape index (κ3) is 6.72.